The van der Waals surface area contributed by atoms with Gasteiger partial charge in [-0.3, -0.25) is 9.36 Å². The maximum absolute atomic E-state index is 12.9. The Hall–Kier alpha value is -1.54. The summed E-state index contributed by atoms with van der Waals surface area (Å²) >= 11 is 0. The number of rotatable bonds is 46. The first kappa shape index (κ1) is 59.5. The van der Waals surface area contributed by atoms with Crippen LogP contribution >= 0.6 is 7.82 Å². The number of nitrogens with one attached hydrogen (secondary N) is 1. The van der Waals surface area contributed by atoms with Crippen molar-refractivity contribution in [1.82, 2.24) is 5.32 Å². The van der Waals surface area contributed by atoms with E-state index in [4.69, 9.17) is 9.05 Å². The number of nitrogens with zero attached hydrogens (tertiary/aromatic N) is 1. The number of aliphatic hydroxyl groups excluding tert-OH is 1. The molecule has 358 valence electrons. The van der Waals surface area contributed by atoms with Crippen LogP contribution in [0.1, 0.15) is 226 Å². The molecule has 61 heavy (non-hydrogen) atoms. The first-order valence-corrected chi connectivity index (χ1v) is 27.0. The van der Waals surface area contributed by atoms with E-state index in [1.54, 1.807) is 6.08 Å². The second-order valence-electron chi connectivity index (χ2n) is 18.5. The van der Waals surface area contributed by atoms with Gasteiger partial charge in [-0.1, -0.05) is 197 Å². The van der Waals surface area contributed by atoms with E-state index in [9.17, 15) is 19.4 Å². The van der Waals surface area contributed by atoms with E-state index in [2.05, 4.69) is 55.6 Å². The van der Waals surface area contributed by atoms with Crippen LogP contribution in [-0.4, -0.2) is 68.5 Å². The van der Waals surface area contributed by atoms with E-state index in [1.807, 2.05) is 27.2 Å². The van der Waals surface area contributed by atoms with Gasteiger partial charge in [0.25, 0.3) is 7.82 Å². The Morgan fingerprint density at radius 2 is 0.918 bits per heavy atom. The highest BCUT2D eigenvalue weighted by atomic mass is 31.2. The van der Waals surface area contributed by atoms with E-state index in [0.29, 0.717) is 17.4 Å². The first-order valence-electron chi connectivity index (χ1n) is 25.5. The number of likely N-dealkylation sites (N-methyl/N-ethyl adjacent to an activating group) is 1. The Morgan fingerprint density at radius 1 is 0.557 bits per heavy atom. The Bertz CT molecular complexity index is 1130. The lowest BCUT2D eigenvalue weighted by Crippen LogP contribution is -2.45. The van der Waals surface area contributed by atoms with Gasteiger partial charge in [0.05, 0.1) is 39.9 Å². The molecule has 9 heteroatoms. The molecule has 3 unspecified atom stereocenters. The lowest BCUT2D eigenvalue weighted by molar-refractivity contribution is -0.870. The molecule has 0 radical (unpaired) electrons. The normalized spacial score (nSPS) is 14.5. The van der Waals surface area contributed by atoms with Gasteiger partial charge in [0.15, 0.2) is 0 Å². The number of phosphoric ester groups is 1. The SMILES string of the molecule is CCCCCCCC/C=C\CCCCCCCCCC(=O)NC(COP(=O)([O-])OCC[N+](C)(C)C)C(O)/C=C/CC/C=C/CC/C=C/CCCCCCCCCCCCCC. The maximum atomic E-state index is 12.9. The highest BCUT2D eigenvalue weighted by Crippen LogP contribution is 2.38. The van der Waals surface area contributed by atoms with Crippen LogP contribution in [0.25, 0.3) is 0 Å². The van der Waals surface area contributed by atoms with Gasteiger partial charge in [0.1, 0.15) is 13.2 Å². The minimum Gasteiger partial charge on any atom is -0.756 e. The summed E-state index contributed by atoms with van der Waals surface area (Å²) in [6, 6.07) is -0.912. The standard InChI is InChI=1S/C52H99N2O6P/c1-6-8-10-12-14-16-18-20-22-24-25-26-27-28-30-31-33-35-37-39-41-43-45-51(55)50(49-60-61(57,58)59-48-47-54(3,4)5)53-52(56)46-44-42-40-38-36-34-32-29-23-21-19-17-15-13-11-9-7-2/h21,23,28,30,35,37,43,45,50-51,55H,6-20,22,24-27,29,31-34,36,38-42,44,46-49H2,1-5H3,(H-,53,56,57,58)/b23-21-,30-28+,37-35+,45-43+. The topological polar surface area (TPSA) is 108 Å². The van der Waals surface area contributed by atoms with Crippen LogP contribution in [0, 0.1) is 0 Å². The van der Waals surface area contributed by atoms with Crippen molar-refractivity contribution in [2.24, 2.45) is 0 Å². The average Bonchev–Trinajstić information content (AvgIpc) is 3.21. The van der Waals surface area contributed by atoms with Crippen molar-refractivity contribution in [2.45, 2.75) is 238 Å². The predicted octanol–water partition coefficient (Wildman–Crippen LogP) is 14.2. The van der Waals surface area contributed by atoms with Crippen LogP contribution in [0.15, 0.2) is 48.6 Å². The van der Waals surface area contributed by atoms with Crippen molar-refractivity contribution in [3.05, 3.63) is 48.6 Å². The van der Waals surface area contributed by atoms with Crippen molar-refractivity contribution in [3.8, 4) is 0 Å². The molecule has 0 fully saturated rings. The largest absolute Gasteiger partial charge is 0.756 e. The van der Waals surface area contributed by atoms with E-state index in [0.717, 1.165) is 44.9 Å². The summed E-state index contributed by atoms with van der Waals surface area (Å²) in [5, 5.41) is 13.8. The first-order chi connectivity index (χ1) is 29.5. The third-order valence-corrected chi connectivity index (χ3v) is 12.2. The third kappa shape index (κ3) is 46.3. The van der Waals surface area contributed by atoms with Crippen molar-refractivity contribution >= 4 is 13.7 Å². The number of aliphatic hydroxyl groups is 1. The monoisotopic (exact) mass is 879 g/mol. The Kier molecular flexibility index (Phi) is 42.6. The molecule has 0 aromatic rings. The van der Waals surface area contributed by atoms with Crippen LogP contribution in [0.4, 0.5) is 0 Å². The maximum Gasteiger partial charge on any atom is 0.268 e. The molecular formula is C52H99N2O6P. The third-order valence-electron chi connectivity index (χ3n) is 11.2. The number of carbonyl (C=O) groups is 1. The second kappa shape index (κ2) is 43.7. The van der Waals surface area contributed by atoms with Crippen LogP contribution in [-0.2, 0) is 18.4 Å². The van der Waals surface area contributed by atoms with Crippen molar-refractivity contribution < 1.29 is 32.9 Å². The summed E-state index contributed by atoms with van der Waals surface area (Å²) < 4.78 is 23.2. The Balaban J connectivity index is 4.41. The van der Waals surface area contributed by atoms with E-state index < -0.39 is 26.6 Å². The summed E-state index contributed by atoms with van der Waals surface area (Å²) in [6.45, 7) is 4.62. The van der Waals surface area contributed by atoms with E-state index in [1.165, 1.54) is 161 Å². The van der Waals surface area contributed by atoms with Gasteiger partial charge in [0, 0.05) is 6.42 Å². The molecule has 0 aliphatic heterocycles. The molecule has 2 N–H and O–H groups in total. The fourth-order valence-electron chi connectivity index (χ4n) is 7.18. The fourth-order valence-corrected chi connectivity index (χ4v) is 7.90. The number of allylic oxidation sites excluding steroid dienone is 7. The predicted molar refractivity (Wildman–Crippen MR) is 261 cm³/mol. The smallest absolute Gasteiger partial charge is 0.268 e. The minimum atomic E-state index is -4.61. The fraction of sp³-hybridized carbons (Fsp3) is 0.827. The minimum absolute atomic E-state index is 0.0105. The Labute approximate surface area is 378 Å². The second-order valence-corrected chi connectivity index (χ2v) is 19.9. The number of amides is 1. The van der Waals surface area contributed by atoms with Crippen molar-refractivity contribution in [2.75, 3.05) is 40.9 Å². The zero-order valence-corrected chi connectivity index (χ0v) is 41.5. The van der Waals surface area contributed by atoms with Gasteiger partial charge in [0.2, 0.25) is 5.91 Å². The molecule has 0 aromatic carbocycles. The number of phosphoric acid groups is 1. The van der Waals surface area contributed by atoms with Gasteiger partial charge in [-0.05, 0) is 70.6 Å². The molecule has 0 aliphatic carbocycles. The number of quaternary nitrogens is 1. The molecule has 0 aromatic heterocycles. The zero-order chi connectivity index (χ0) is 45.0. The average molecular weight is 879 g/mol. The molecule has 0 aliphatic rings. The lowest BCUT2D eigenvalue weighted by atomic mass is 10.0. The van der Waals surface area contributed by atoms with Crippen molar-refractivity contribution in [3.63, 3.8) is 0 Å². The lowest BCUT2D eigenvalue weighted by Gasteiger charge is -2.29. The Morgan fingerprint density at radius 3 is 1.33 bits per heavy atom. The summed E-state index contributed by atoms with van der Waals surface area (Å²) in [5.74, 6) is -0.216. The molecular weight excluding hydrogens is 780 g/mol. The molecule has 8 nitrogen and oxygen atoms in total. The summed E-state index contributed by atoms with van der Waals surface area (Å²) in [7, 11) is 1.23. The highest BCUT2D eigenvalue weighted by molar-refractivity contribution is 7.45. The van der Waals surface area contributed by atoms with Gasteiger partial charge in [-0.25, -0.2) is 0 Å². The molecule has 0 heterocycles. The van der Waals surface area contributed by atoms with Gasteiger partial charge >= 0.3 is 0 Å². The van der Waals surface area contributed by atoms with Crippen molar-refractivity contribution in [1.29, 1.82) is 0 Å². The highest BCUT2D eigenvalue weighted by Gasteiger charge is 2.23. The summed E-state index contributed by atoms with van der Waals surface area (Å²) in [5.41, 5.74) is 0. The van der Waals surface area contributed by atoms with Crippen LogP contribution < -0.4 is 10.2 Å². The molecule has 0 bridgehead atoms. The molecule has 0 spiro atoms. The molecule has 3 atom stereocenters. The summed E-state index contributed by atoms with van der Waals surface area (Å²) in [6.07, 6.45) is 56.0. The number of unbranched alkanes of at least 4 members (excludes halogenated alkanes) is 27. The number of carbonyl (C=O) groups excluding carboxylic acids is 1. The zero-order valence-electron chi connectivity index (χ0n) is 40.6. The van der Waals surface area contributed by atoms with Crippen LogP contribution in [0.5, 0.6) is 0 Å². The van der Waals surface area contributed by atoms with Gasteiger partial charge < -0.3 is 28.8 Å². The molecule has 1 amide bonds. The van der Waals surface area contributed by atoms with Gasteiger partial charge in [-0.2, -0.15) is 0 Å². The quantitative estimate of drug-likeness (QED) is 0.0273. The number of hydrogen-bond donors (Lipinski definition) is 2. The molecule has 0 rings (SSSR count). The molecule has 0 saturated heterocycles. The van der Waals surface area contributed by atoms with E-state index >= 15 is 0 Å². The molecule has 0 saturated carbocycles. The van der Waals surface area contributed by atoms with E-state index in [-0.39, 0.29) is 12.5 Å². The van der Waals surface area contributed by atoms with Gasteiger partial charge in [-0.15, -0.1) is 0 Å². The van der Waals surface area contributed by atoms with Crippen LogP contribution in [0.2, 0.25) is 0 Å². The summed E-state index contributed by atoms with van der Waals surface area (Å²) in [4.78, 5) is 25.4. The van der Waals surface area contributed by atoms with Crippen LogP contribution in [0.3, 0.4) is 0 Å². The number of hydrogen-bond acceptors (Lipinski definition) is 6.